The van der Waals surface area contributed by atoms with Crippen molar-refractivity contribution < 1.29 is 4.39 Å². The molecule has 0 atom stereocenters. The van der Waals surface area contributed by atoms with Gasteiger partial charge in [0, 0.05) is 29.7 Å². The van der Waals surface area contributed by atoms with Crippen molar-refractivity contribution in [3.8, 4) is 11.1 Å². The third-order valence-electron chi connectivity index (χ3n) is 4.13. The molecule has 0 unspecified atom stereocenters. The van der Waals surface area contributed by atoms with Crippen molar-refractivity contribution in [1.29, 1.82) is 0 Å². The van der Waals surface area contributed by atoms with Gasteiger partial charge in [-0.3, -0.25) is 0 Å². The summed E-state index contributed by atoms with van der Waals surface area (Å²) < 4.78 is 15.5. The smallest absolute Gasteiger partial charge is 0.141 e. The Labute approximate surface area is 144 Å². The molecule has 3 aromatic carbocycles. The molecule has 0 aliphatic heterocycles. The topological polar surface area (TPSA) is 4.93 Å². The summed E-state index contributed by atoms with van der Waals surface area (Å²) in [6.07, 6.45) is 1.97. The Morgan fingerprint density at radius 1 is 0.917 bits per heavy atom. The lowest BCUT2D eigenvalue weighted by Crippen LogP contribution is -1.97. The third-order valence-corrected chi connectivity index (χ3v) is 4.42. The van der Waals surface area contributed by atoms with Gasteiger partial charge in [-0.2, -0.15) is 0 Å². The van der Waals surface area contributed by atoms with Gasteiger partial charge in [0.25, 0.3) is 0 Å². The van der Waals surface area contributed by atoms with E-state index in [1.54, 1.807) is 12.1 Å². The molecule has 0 aliphatic rings. The highest BCUT2D eigenvalue weighted by Crippen LogP contribution is 2.28. The van der Waals surface area contributed by atoms with Crippen LogP contribution in [-0.2, 0) is 6.54 Å². The number of fused-ring (bicyclic) bond motifs is 1. The van der Waals surface area contributed by atoms with Gasteiger partial charge in [0.15, 0.2) is 0 Å². The molecule has 3 heteroatoms. The highest BCUT2D eigenvalue weighted by molar-refractivity contribution is 6.31. The Hall–Kier alpha value is -2.58. The number of aromatic nitrogens is 1. The monoisotopic (exact) mass is 334 g/mol. The minimum atomic E-state index is -0.401. The van der Waals surface area contributed by atoms with E-state index in [9.17, 15) is 4.39 Å². The zero-order valence-corrected chi connectivity index (χ0v) is 13.6. The van der Waals surface area contributed by atoms with Gasteiger partial charge in [0.05, 0.1) is 5.02 Å². The van der Waals surface area contributed by atoms with Crippen LogP contribution in [0.2, 0.25) is 5.02 Å². The molecule has 1 heterocycles. The average molecular weight is 335 g/mol. The quantitative estimate of drug-likeness (QED) is 0.436. The second-order valence-electron chi connectivity index (χ2n) is 5.75. The van der Waals surface area contributed by atoms with Crippen LogP contribution in [0, 0.1) is 11.9 Å². The molecule has 4 aromatic rings. The number of benzene rings is 3. The molecule has 0 spiro atoms. The van der Waals surface area contributed by atoms with Crippen LogP contribution in [0.5, 0.6) is 0 Å². The fourth-order valence-electron chi connectivity index (χ4n) is 2.89. The van der Waals surface area contributed by atoms with E-state index in [4.69, 9.17) is 11.6 Å². The number of halogens is 2. The lowest BCUT2D eigenvalue weighted by atomic mass is 10.0. The Morgan fingerprint density at radius 2 is 1.67 bits per heavy atom. The van der Waals surface area contributed by atoms with Gasteiger partial charge in [0.2, 0.25) is 0 Å². The summed E-state index contributed by atoms with van der Waals surface area (Å²) in [6.45, 7) is 0.808. The van der Waals surface area contributed by atoms with Gasteiger partial charge in [0.1, 0.15) is 5.82 Å². The van der Waals surface area contributed by atoms with Gasteiger partial charge in [-0.25, -0.2) is 4.39 Å². The highest BCUT2D eigenvalue weighted by Gasteiger charge is 2.07. The van der Waals surface area contributed by atoms with Crippen LogP contribution in [0.25, 0.3) is 22.0 Å². The fraction of sp³-hybridized carbons (Fsp3) is 0.0476. The molecule has 1 radical (unpaired) electrons. The number of hydrogen-bond acceptors (Lipinski definition) is 0. The maximum Gasteiger partial charge on any atom is 0.141 e. The van der Waals surface area contributed by atoms with Gasteiger partial charge >= 0.3 is 0 Å². The largest absolute Gasteiger partial charge is 0.342 e. The number of hydrogen-bond donors (Lipinski definition) is 0. The van der Waals surface area contributed by atoms with E-state index in [0.29, 0.717) is 0 Å². The lowest BCUT2D eigenvalue weighted by Gasteiger charge is -2.07. The van der Waals surface area contributed by atoms with Gasteiger partial charge < -0.3 is 4.57 Å². The minimum absolute atomic E-state index is 0.137. The van der Waals surface area contributed by atoms with Crippen molar-refractivity contribution in [2.45, 2.75) is 6.54 Å². The summed E-state index contributed by atoms with van der Waals surface area (Å²) in [5.74, 6) is -0.401. The van der Waals surface area contributed by atoms with Crippen molar-refractivity contribution in [3.63, 3.8) is 0 Å². The molecular formula is C21H14ClFN. The van der Waals surface area contributed by atoms with E-state index in [2.05, 4.69) is 34.9 Å². The van der Waals surface area contributed by atoms with E-state index in [1.165, 1.54) is 11.6 Å². The second kappa shape index (κ2) is 6.14. The summed E-state index contributed by atoms with van der Waals surface area (Å²) in [4.78, 5) is 0. The number of rotatable bonds is 3. The van der Waals surface area contributed by atoms with Crippen LogP contribution < -0.4 is 0 Å². The van der Waals surface area contributed by atoms with Crippen LogP contribution in [0.1, 0.15) is 5.56 Å². The molecule has 0 saturated carbocycles. The van der Waals surface area contributed by atoms with Crippen molar-refractivity contribution in [2.24, 2.45) is 0 Å². The van der Waals surface area contributed by atoms with Crippen LogP contribution in [0.3, 0.4) is 0 Å². The molecular weight excluding hydrogens is 321 g/mol. The second-order valence-corrected chi connectivity index (χ2v) is 6.15. The number of nitrogens with zero attached hydrogens (tertiary/aromatic N) is 1. The van der Waals surface area contributed by atoms with E-state index in [-0.39, 0.29) is 5.02 Å². The van der Waals surface area contributed by atoms with Crippen LogP contribution >= 0.6 is 11.6 Å². The Balaban J connectivity index is 1.71. The fourth-order valence-corrected chi connectivity index (χ4v) is 3.07. The lowest BCUT2D eigenvalue weighted by molar-refractivity contribution is 0.628. The first-order valence-corrected chi connectivity index (χ1v) is 8.08. The predicted molar refractivity (Wildman–Crippen MR) is 96.7 cm³/mol. The molecule has 0 bridgehead atoms. The highest BCUT2D eigenvalue weighted by atomic mass is 35.5. The molecule has 0 N–H and O–H groups in total. The molecule has 0 amide bonds. The van der Waals surface area contributed by atoms with E-state index >= 15 is 0 Å². The summed E-state index contributed by atoms with van der Waals surface area (Å²) in [5.41, 5.74) is 4.26. The van der Waals surface area contributed by atoms with Gasteiger partial charge in [-0.05, 0) is 41.0 Å². The Kier molecular flexibility index (Phi) is 3.83. The van der Waals surface area contributed by atoms with Crippen molar-refractivity contribution in [3.05, 3.63) is 95.4 Å². The van der Waals surface area contributed by atoms with Gasteiger partial charge in [-0.15, -0.1) is 0 Å². The first-order chi connectivity index (χ1) is 11.7. The van der Waals surface area contributed by atoms with Crippen molar-refractivity contribution in [2.75, 3.05) is 0 Å². The summed E-state index contributed by atoms with van der Waals surface area (Å²) >= 11 is 5.89. The van der Waals surface area contributed by atoms with Gasteiger partial charge in [-0.1, -0.05) is 54.1 Å². The average Bonchev–Trinajstić information content (AvgIpc) is 3.00. The minimum Gasteiger partial charge on any atom is -0.342 e. The molecule has 0 fully saturated rings. The zero-order valence-electron chi connectivity index (χ0n) is 12.8. The predicted octanol–water partition coefficient (Wildman–Crippen LogP) is 5.95. The summed E-state index contributed by atoms with van der Waals surface area (Å²) in [5, 5.41) is 1.17. The maximum atomic E-state index is 13.3. The molecule has 1 nitrogen and oxygen atoms in total. The molecule has 117 valence electrons. The molecule has 0 saturated heterocycles. The van der Waals surface area contributed by atoms with Crippen LogP contribution in [0.15, 0.2) is 72.9 Å². The van der Waals surface area contributed by atoms with E-state index < -0.39 is 5.82 Å². The molecule has 1 aromatic heterocycles. The summed E-state index contributed by atoms with van der Waals surface area (Å²) in [6, 6.07) is 24.6. The van der Waals surface area contributed by atoms with Crippen molar-refractivity contribution in [1.82, 2.24) is 4.57 Å². The summed E-state index contributed by atoms with van der Waals surface area (Å²) in [7, 11) is 0. The maximum absolute atomic E-state index is 13.3. The third kappa shape index (κ3) is 2.81. The Bertz CT molecular complexity index is 1000. The SMILES string of the molecule is Fc1ccc(-c2ccc3c([c]cn3Cc3ccccc3)c2)cc1Cl. The van der Waals surface area contributed by atoms with Crippen LogP contribution in [-0.4, -0.2) is 4.57 Å². The first kappa shape index (κ1) is 15.0. The zero-order chi connectivity index (χ0) is 16.5. The molecule has 24 heavy (non-hydrogen) atoms. The Morgan fingerprint density at radius 3 is 2.46 bits per heavy atom. The van der Waals surface area contributed by atoms with E-state index in [0.717, 1.165) is 28.6 Å². The molecule has 0 aliphatic carbocycles. The van der Waals surface area contributed by atoms with E-state index in [1.807, 2.05) is 30.5 Å². The normalized spacial score (nSPS) is 11.1. The van der Waals surface area contributed by atoms with Crippen molar-refractivity contribution >= 4 is 22.5 Å². The standard InChI is InChI=1S/C21H14ClFN/c22-19-13-17(6-8-20(19)23)16-7-9-21-18(12-16)10-11-24(21)14-15-4-2-1-3-5-15/h1-9,11-13H,14H2. The first-order valence-electron chi connectivity index (χ1n) is 7.70. The molecule has 4 rings (SSSR count). The van der Waals surface area contributed by atoms with Crippen LogP contribution in [0.4, 0.5) is 4.39 Å².